The molecule has 2 bridgehead atoms. The topological polar surface area (TPSA) is 82.9 Å². The molecule has 8 heteroatoms. The third-order valence-electron chi connectivity index (χ3n) is 7.68. The molecule has 178 valence electrons. The Morgan fingerprint density at radius 1 is 0.882 bits per heavy atom. The summed E-state index contributed by atoms with van der Waals surface area (Å²) in [4.78, 5) is 56.5. The average Bonchev–Trinajstić information content (AvgIpc) is 2.82. The maximum atomic E-state index is 13.6. The van der Waals surface area contributed by atoms with Crippen molar-refractivity contribution in [3.8, 4) is 0 Å². The van der Waals surface area contributed by atoms with Gasteiger partial charge in [0.15, 0.2) is 0 Å². The minimum atomic E-state index is -1.38. The van der Waals surface area contributed by atoms with Gasteiger partial charge >= 0.3 is 6.03 Å². The fourth-order valence-corrected chi connectivity index (χ4v) is 6.04. The molecule has 0 saturated carbocycles. The number of benzene rings is 1. The SMILES string of the molecule is Cc1ccc(CC2(CN3C[C@H]4C[C@H](C3)c3cccc(=O)n3C4)C(=O)N(C)C(=O)N(C)C2=O)cc1. The standard InChI is InChI=1S/C26H30N4O4/c1-17-7-9-18(10-8-17)12-26(23(32)27(2)25(34)28(3)24(26)33)16-29-13-19-11-20(15-29)21-5-4-6-22(31)30(21)14-19/h4-10,19-20H,11-16H2,1-3H3/t19-,20-/m1/s1. The molecule has 0 aliphatic carbocycles. The Morgan fingerprint density at radius 2 is 1.56 bits per heavy atom. The number of piperidine rings is 1. The van der Waals surface area contributed by atoms with Crippen molar-refractivity contribution in [3.05, 3.63) is 69.6 Å². The number of carbonyl (C=O) groups is 3. The zero-order chi connectivity index (χ0) is 24.2. The van der Waals surface area contributed by atoms with Crippen LogP contribution in [0.2, 0.25) is 0 Å². The summed E-state index contributed by atoms with van der Waals surface area (Å²) in [6.07, 6.45) is 1.22. The number of hydrogen-bond acceptors (Lipinski definition) is 5. The van der Waals surface area contributed by atoms with Crippen LogP contribution < -0.4 is 5.56 Å². The van der Waals surface area contributed by atoms with E-state index in [1.165, 1.54) is 14.1 Å². The van der Waals surface area contributed by atoms with E-state index < -0.39 is 23.3 Å². The minimum absolute atomic E-state index is 0.0240. The molecule has 0 spiro atoms. The van der Waals surface area contributed by atoms with E-state index in [-0.39, 0.29) is 30.4 Å². The molecule has 8 nitrogen and oxygen atoms in total. The van der Waals surface area contributed by atoms with Crippen LogP contribution in [0, 0.1) is 18.3 Å². The van der Waals surface area contributed by atoms with E-state index in [0.717, 1.165) is 33.0 Å². The lowest BCUT2D eigenvalue weighted by Crippen LogP contribution is -2.67. The molecule has 1 aromatic carbocycles. The van der Waals surface area contributed by atoms with Crippen molar-refractivity contribution in [1.29, 1.82) is 0 Å². The first-order valence-electron chi connectivity index (χ1n) is 11.8. The van der Waals surface area contributed by atoms with Crippen molar-refractivity contribution in [1.82, 2.24) is 19.3 Å². The lowest BCUT2D eigenvalue weighted by molar-refractivity contribution is -0.159. The molecule has 0 radical (unpaired) electrons. The molecule has 2 fully saturated rings. The number of imide groups is 2. The number of fused-ring (bicyclic) bond motifs is 4. The van der Waals surface area contributed by atoms with Gasteiger partial charge in [-0.3, -0.25) is 24.2 Å². The van der Waals surface area contributed by atoms with Crippen molar-refractivity contribution in [2.45, 2.75) is 32.2 Å². The van der Waals surface area contributed by atoms with Gasteiger partial charge in [0.25, 0.3) is 5.56 Å². The van der Waals surface area contributed by atoms with Crippen LogP contribution in [0.4, 0.5) is 4.79 Å². The first-order chi connectivity index (χ1) is 16.2. The van der Waals surface area contributed by atoms with Crippen molar-refractivity contribution in [3.63, 3.8) is 0 Å². The quantitative estimate of drug-likeness (QED) is 0.648. The number of amides is 4. The number of carbonyl (C=O) groups excluding carboxylic acids is 3. The summed E-state index contributed by atoms with van der Waals surface area (Å²) in [5.41, 5.74) is 1.65. The zero-order valence-electron chi connectivity index (χ0n) is 19.9. The van der Waals surface area contributed by atoms with E-state index in [9.17, 15) is 19.2 Å². The smallest absolute Gasteiger partial charge is 0.312 e. The molecule has 4 heterocycles. The summed E-state index contributed by atoms with van der Waals surface area (Å²) in [5, 5.41) is 0. The third kappa shape index (κ3) is 3.57. The third-order valence-corrected chi connectivity index (χ3v) is 7.68. The Morgan fingerprint density at radius 3 is 2.24 bits per heavy atom. The molecule has 0 N–H and O–H groups in total. The van der Waals surface area contributed by atoms with Crippen LogP contribution in [0.1, 0.15) is 29.2 Å². The maximum Gasteiger partial charge on any atom is 0.332 e. The van der Waals surface area contributed by atoms with Crippen molar-refractivity contribution in [2.75, 3.05) is 33.7 Å². The summed E-state index contributed by atoms with van der Waals surface area (Å²) < 4.78 is 1.87. The van der Waals surface area contributed by atoms with Gasteiger partial charge in [0, 0.05) is 58.0 Å². The van der Waals surface area contributed by atoms with Crippen LogP contribution in [0.3, 0.4) is 0 Å². The van der Waals surface area contributed by atoms with Gasteiger partial charge in [-0.05, 0) is 37.3 Å². The Hall–Kier alpha value is -3.26. The van der Waals surface area contributed by atoms with Crippen molar-refractivity contribution in [2.24, 2.45) is 11.3 Å². The van der Waals surface area contributed by atoms with Gasteiger partial charge in [-0.2, -0.15) is 0 Å². The average molecular weight is 463 g/mol. The first-order valence-corrected chi connectivity index (χ1v) is 11.8. The fourth-order valence-electron chi connectivity index (χ4n) is 6.04. The normalized spacial score (nSPS) is 24.4. The molecule has 2 aromatic rings. The summed E-state index contributed by atoms with van der Waals surface area (Å²) in [6.45, 7) is 4.25. The molecule has 2 atom stereocenters. The maximum absolute atomic E-state index is 13.6. The van der Waals surface area contributed by atoms with Crippen LogP contribution in [-0.2, 0) is 22.6 Å². The number of aromatic nitrogens is 1. The molecular formula is C26H30N4O4. The highest BCUT2D eigenvalue weighted by atomic mass is 16.2. The number of nitrogens with zero attached hydrogens (tertiary/aromatic N) is 4. The van der Waals surface area contributed by atoms with Gasteiger partial charge in [0.1, 0.15) is 5.41 Å². The molecule has 0 unspecified atom stereocenters. The van der Waals surface area contributed by atoms with Gasteiger partial charge in [-0.15, -0.1) is 0 Å². The molecule has 5 rings (SSSR count). The number of rotatable bonds is 4. The van der Waals surface area contributed by atoms with Crippen LogP contribution >= 0.6 is 0 Å². The second-order valence-electron chi connectivity index (χ2n) is 10.1. The summed E-state index contributed by atoms with van der Waals surface area (Å²) in [5.74, 6) is -0.459. The zero-order valence-corrected chi connectivity index (χ0v) is 19.9. The summed E-state index contributed by atoms with van der Waals surface area (Å²) in [6, 6.07) is 12.6. The lowest BCUT2D eigenvalue weighted by Gasteiger charge is -2.48. The molecule has 4 amide bonds. The van der Waals surface area contributed by atoms with Crippen molar-refractivity contribution < 1.29 is 14.4 Å². The summed E-state index contributed by atoms with van der Waals surface area (Å²) in [7, 11) is 2.90. The largest absolute Gasteiger partial charge is 0.332 e. The lowest BCUT2D eigenvalue weighted by atomic mass is 9.75. The predicted molar refractivity (Wildman–Crippen MR) is 126 cm³/mol. The van der Waals surface area contributed by atoms with Gasteiger partial charge in [0.2, 0.25) is 11.8 Å². The monoisotopic (exact) mass is 462 g/mol. The van der Waals surface area contributed by atoms with Gasteiger partial charge in [0.05, 0.1) is 0 Å². The van der Waals surface area contributed by atoms with E-state index in [4.69, 9.17) is 0 Å². The Labute approximate surface area is 198 Å². The number of urea groups is 1. The van der Waals surface area contributed by atoms with E-state index in [2.05, 4.69) is 4.90 Å². The van der Waals surface area contributed by atoms with Crippen molar-refractivity contribution >= 4 is 17.8 Å². The molecule has 34 heavy (non-hydrogen) atoms. The van der Waals surface area contributed by atoms with Crippen LogP contribution in [0.5, 0.6) is 0 Å². The highest BCUT2D eigenvalue weighted by Crippen LogP contribution is 2.39. The number of likely N-dealkylation sites (tertiary alicyclic amines) is 1. The summed E-state index contributed by atoms with van der Waals surface area (Å²) >= 11 is 0. The number of aryl methyl sites for hydroxylation is 1. The molecule has 2 saturated heterocycles. The van der Waals surface area contributed by atoms with Crippen LogP contribution in [0.15, 0.2) is 47.3 Å². The number of barbiturate groups is 1. The number of pyridine rings is 1. The highest BCUT2D eigenvalue weighted by molar-refractivity contribution is 6.19. The Bertz CT molecular complexity index is 1190. The van der Waals surface area contributed by atoms with Crippen LogP contribution in [-0.4, -0.2) is 70.8 Å². The molecular weight excluding hydrogens is 432 g/mol. The first kappa shape index (κ1) is 22.5. The highest BCUT2D eigenvalue weighted by Gasteiger charge is 2.56. The van der Waals surface area contributed by atoms with E-state index in [0.29, 0.717) is 19.6 Å². The predicted octanol–water partition coefficient (Wildman–Crippen LogP) is 1.86. The second kappa shape index (κ2) is 8.20. The molecule has 3 aliphatic heterocycles. The number of hydrogen-bond donors (Lipinski definition) is 0. The van der Waals surface area contributed by atoms with Gasteiger partial charge in [-0.25, -0.2) is 4.79 Å². The Kier molecular flexibility index (Phi) is 5.43. The van der Waals surface area contributed by atoms with E-state index in [1.54, 1.807) is 12.1 Å². The van der Waals surface area contributed by atoms with Crippen LogP contribution in [0.25, 0.3) is 0 Å². The minimum Gasteiger partial charge on any atom is -0.312 e. The van der Waals surface area contributed by atoms with Gasteiger partial charge in [-0.1, -0.05) is 35.9 Å². The fraction of sp³-hybridized carbons (Fsp3) is 0.462. The Balaban J connectivity index is 1.50. The van der Waals surface area contributed by atoms with Gasteiger partial charge < -0.3 is 9.47 Å². The van der Waals surface area contributed by atoms with E-state index in [1.807, 2.05) is 41.8 Å². The second-order valence-corrected chi connectivity index (χ2v) is 10.1. The van der Waals surface area contributed by atoms with E-state index >= 15 is 0 Å². The molecule has 3 aliphatic rings. The molecule has 1 aromatic heterocycles.